The summed E-state index contributed by atoms with van der Waals surface area (Å²) in [6.07, 6.45) is 5.61. The number of furan rings is 2. The van der Waals surface area contributed by atoms with Crippen molar-refractivity contribution in [2.45, 2.75) is 24.2 Å². The molecule has 1 unspecified atom stereocenters. The fourth-order valence-electron chi connectivity index (χ4n) is 14.5. The number of hydrogen-bond acceptors (Lipinski definition) is 4. The number of rotatable bonds is 9. The number of allylic oxidation sites excluding steroid dienone is 3. The van der Waals surface area contributed by atoms with Crippen LogP contribution in [0.1, 0.15) is 41.2 Å². The second-order valence-electron chi connectivity index (χ2n) is 22.9. The average Bonchev–Trinajstić information content (AvgIpc) is 1.77. The van der Waals surface area contributed by atoms with Crippen molar-refractivity contribution in [1.82, 2.24) is 0 Å². The zero-order valence-electron chi connectivity index (χ0n) is 46.2. The van der Waals surface area contributed by atoms with Crippen LogP contribution in [0, 0.1) is 0 Å². The number of para-hydroxylation sites is 4. The van der Waals surface area contributed by atoms with Crippen molar-refractivity contribution in [2.75, 3.05) is 9.80 Å². The summed E-state index contributed by atoms with van der Waals surface area (Å²) in [4.78, 5) is 4.90. The summed E-state index contributed by atoms with van der Waals surface area (Å²) < 4.78 is 14.1. The molecule has 0 N–H and O–H groups in total. The summed E-state index contributed by atoms with van der Waals surface area (Å²) in [5, 5.41) is 4.31. The second kappa shape index (κ2) is 18.7. The van der Waals surface area contributed by atoms with Gasteiger partial charge >= 0.3 is 0 Å². The van der Waals surface area contributed by atoms with Crippen molar-refractivity contribution in [1.29, 1.82) is 0 Å². The lowest BCUT2D eigenvalue weighted by Gasteiger charge is -2.40. The van der Waals surface area contributed by atoms with E-state index in [1.165, 1.54) is 61.2 Å². The fourth-order valence-corrected chi connectivity index (χ4v) is 14.5. The van der Waals surface area contributed by atoms with E-state index >= 15 is 0 Å². The number of benzene rings is 12. The van der Waals surface area contributed by atoms with Crippen molar-refractivity contribution in [3.05, 3.63) is 336 Å². The lowest BCUT2D eigenvalue weighted by molar-refractivity contribution is 0.566. The maximum absolute atomic E-state index is 7.03. The molecule has 3 aliphatic carbocycles. The highest BCUT2D eigenvalue weighted by Crippen LogP contribution is 2.63. The quantitative estimate of drug-likeness (QED) is 0.144. The Morgan fingerprint density at radius 2 is 0.762 bits per heavy atom. The molecule has 0 amide bonds. The first kappa shape index (κ1) is 48.1. The van der Waals surface area contributed by atoms with Gasteiger partial charge in [-0.25, -0.2) is 0 Å². The van der Waals surface area contributed by atoms with E-state index < -0.39 is 10.8 Å². The van der Waals surface area contributed by atoms with Gasteiger partial charge in [0.15, 0.2) is 11.2 Å². The van der Waals surface area contributed by atoms with Gasteiger partial charge in [-0.1, -0.05) is 244 Å². The Hall–Kier alpha value is -10.7. The Labute approximate surface area is 487 Å². The average molecular weight is 1080 g/mol. The molecule has 0 radical (unpaired) electrons. The van der Waals surface area contributed by atoms with Crippen LogP contribution < -0.4 is 9.80 Å². The monoisotopic (exact) mass is 1070 g/mol. The number of fused-ring (bicyclic) bond motifs is 16. The van der Waals surface area contributed by atoms with Crippen molar-refractivity contribution in [3.8, 4) is 44.5 Å². The van der Waals surface area contributed by atoms with Gasteiger partial charge in [-0.05, 0) is 133 Å². The van der Waals surface area contributed by atoms with Crippen LogP contribution >= 0.6 is 0 Å². The summed E-state index contributed by atoms with van der Waals surface area (Å²) in [7, 11) is 0. The molecule has 0 saturated heterocycles. The summed E-state index contributed by atoms with van der Waals surface area (Å²) in [6.45, 7) is 2.45. The van der Waals surface area contributed by atoms with Gasteiger partial charge in [0.2, 0.25) is 0 Å². The molecular weight excluding hydrogens is 1020 g/mol. The largest absolute Gasteiger partial charge is 0.454 e. The van der Waals surface area contributed by atoms with E-state index in [0.717, 1.165) is 89.1 Å². The lowest BCUT2D eigenvalue weighted by atomic mass is 9.68. The van der Waals surface area contributed by atoms with E-state index in [1.54, 1.807) is 0 Å². The van der Waals surface area contributed by atoms with Crippen LogP contribution in [0.15, 0.2) is 317 Å². The van der Waals surface area contributed by atoms with E-state index in [9.17, 15) is 0 Å². The molecule has 0 fully saturated rings. The summed E-state index contributed by atoms with van der Waals surface area (Å²) in [5.41, 5.74) is 24.6. The van der Waals surface area contributed by atoms with E-state index in [4.69, 9.17) is 8.83 Å². The third-order valence-electron chi connectivity index (χ3n) is 18.2. The number of anilines is 4. The minimum absolute atomic E-state index is 0.516. The third-order valence-corrected chi connectivity index (χ3v) is 18.2. The summed E-state index contributed by atoms with van der Waals surface area (Å²) in [5.74, 6) is 0. The van der Waals surface area contributed by atoms with Crippen LogP contribution in [-0.4, -0.2) is 0 Å². The molecule has 4 heteroatoms. The van der Waals surface area contributed by atoms with Gasteiger partial charge in [0.05, 0.1) is 16.8 Å². The highest BCUT2D eigenvalue weighted by Gasteiger charge is 2.52. The topological polar surface area (TPSA) is 32.8 Å². The van der Waals surface area contributed by atoms with E-state index in [1.807, 2.05) is 0 Å². The number of hydrogen-bond donors (Lipinski definition) is 0. The molecule has 2 aromatic heterocycles. The Morgan fingerprint density at radius 3 is 1.29 bits per heavy atom. The van der Waals surface area contributed by atoms with Crippen molar-refractivity contribution >= 4 is 66.6 Å². The molecule has 84 heavy (non-hydrogen) atoms. The van der Waals surface area contributed by atoms with Gasteiger partial charge in [0.25, 0.3) is 0 Å². The Balaban J connectivity index is 0.938. The first-order chi connectivity index (χ1) is 41.5. The zero-order chi connectivity index (χ0) is 55.5. The molecule has 1 atom stereocenters. The molecule has 14 aromatic rings. The molecule has 0 saturated carbocycles. The van der Waals surface area contributed by atoms with Gasteiger partial charge < -0.3 is 18.6 Å². The fraction of sp³-hybridized carbons (Fsp3) is 0.0500. The Kier molecular flexibility index (Phi) is 10.7. The van der Waals surface area contributed by atoms with Crippen LogP contribution in [0.2, 0.25) is 0 Å². The molecular formula is C80H54N2O2. The Bertz CT molecular complexity index is 4940. The first-order valence-corrected chi connectivity index (χ1v) is 29.1. The lowest BCUT2D eigenvalue weighted by Crippen LogP contribution is -2.33. The van der Waals surface area contributed by atoms with Crippen LogP contribution in [0.3, 0.4) is 0 Å². The predicted octanol–water partition coefficient (Wildman–Crippen LogP) is 21.3. The third kappa shape index (κ3) is 7.20. The molecule has 0 aliphatic heterocycles. The normalized spacial score (nSPS) is 15.4. The predicted molar refractivity (Wildman–Crippen MR) is 346 cm³/mol. The smallest absolute Gasteiger partial charge is 0.159 e. The zero-order valence-corrected chi connectivity index (χ0v) is 46.2. The van der Waals surface area contributed by atoms with Gasteiger partial charge in [-0.2, -0.15) is 0 Å². The molecule has 1 spiro atoms. The van der Waals surface area contributed by atoms with Crippen LogP contribution in [0.5, 0.6) is 0 Å². The molecule has 17 rings (SSSR count). The van der Waals surface area contributed by atoms with Gasteiger partial charge in [0.1, 0.15) is 11.2 Å². The summed E-state index contributed by atoms with van der Waals surface area (Å²) in [6, 6.07) is 104. The second-order valence-corrected chi connectivity index (χ2v) is 22.9. The SMILES string of the molecule is CC1(c2ccc3c(c2)C2(c4ccccc4-c4ccccc42)c2ccccc2-3)C=C(N(c2ccc(-c3ccccc3)cc2)c2cccc3c2oc2ccccc23)C=C(N(c2ccc(-c3ccccc3)cc2)c2cccc3c2oc2ccccc23)C1. The van der Waals surface area contributed by atoms with Gasteiger partial charge in [0, 0.05) is 56.1 Å². The van der Waals surface area contributed by atoms with Crippen molar-refractivity contribution in [3.63, 3.8) is 0 Å². The molecule has 0 bridgehead atoms. The highest BCUT2D eigenvalue weighted by atomic mass is 16.3. The van der Waals surface area contributed by atoms with Crippen molar-refractivity contribution < 1.29 is 8.83 Å². The molecule has 4 nitrogen and oxygen atoms in total. The van der Waals surface area contributed by atoms with Crippen LogP contribution in [0.4, 0.5) is 22.7 Å². The standard InChI is InChI=1S/C80H54N2O2/c1-79(56-42-47-64-63-26-10-15-33-71(63)80(72(64)48-56)69-31-13-8-24-61(69)62-25-9-14-32-70(62)80)50-59(81(57-43-38-54(39-44-57)52-20-4-2-5-21-52)73-34-18-29-67-65-27-11-16-36-75(65)83-77(67)73)49-60(51-79)82(58-45-40-55(41-46-58)53-22-6-3-7-23-53)74-35-19-30-68-66-28-12-17-37-76(66)84-78(68)74/h2-50H,51H2,1H3. The maximum atomic E-state index is 7.03. The minimum atomic E-state index is -0.615. The molecule has 3 aliphatic rings. The molecule has 12 aromatic carbocycles. The minimum Gasteiger partial charge on any atom is -0.454 e. The highest BCUT2D eigenvalue weighted by molar-refractivity contribution is 6.11. The van der Waals surface area contributed by atoms with E-state index in [0.29, 0.717) is 6.42 Å². The summed E-state index contributed by atoms with van der Waals surface area (Å²) >= 11 is 0. The van der Waals surface area contributed by atoms with Crippen molar-refractivity contribution in [2.24, 2.45) is 0 Å². The number of nitrogens with zero attached hydrogens (tertiary/aromatic N) is 2. The van der Waals surface area contributed by atoms with Gasteiger partial charge in [-0.15, -0.1) is 0 Å². The van der Waals surface area contributed by atoms with E-state index in [2.05, 4.69) is 314 Å². The Morgan fingerprint density at radius 1 is 0.345 bits per heavy atom. The maximum Gasteiger partial charge on any atom is 0.159 e. The van der Waals surface area contributed by atoms with Crippen LogP contribution in [-0.2, 0) is 10.8 Å². The molecule has 2 heterocycles. The first-order valence-electron chi connectivity index (χ1n) is 29.1. The van der Waals surface area contributed by atoms with Crippen LogP contribution in [0.25, 0.3) is 88.4 Å². The van der Waals surface area contributed by atoms with E-state index in [-0.39, 0.29) is 0 Å². The molecule has 396 valence electrons. The van der Waals surface area contributed by atoms with Gasteiger partial charge in [-0.3, -0.25) is 0 Å².